The van der Waals surface area contributed by atoms with Gasteiger partial charge in [0.05, 0.1) is 15.0 Å². The number of allylic oxidation sites excluding steroid dienone is 1. The highest BCUT2D eigenvalue weighted by atomic mass is 32.2. The molecule has 7 nitrogen and oxygen atoms in total. The van der Waals surface area contributed by atoms with Crippen LogP contribution in [0.2, 0.25) is 0 Å². The number of piperidine rings is 1. The van der Waals surface area contributed by atoms with Crippen LogP contribution in [0, 0.1) is 0 Å². The number of fused-ring (bicyclic) bond motifs is 1. The van der Waals surface area contributed by atoms with Crippen LogP contribution in [0.3, 0.4) is 0 Å². The second-order valence-electron chi connectivity index (χ2n) is 7.16. The molecule has 160 valence electrons. The summed E-state index contributed by atoms with van der Waals surface area (Å²) < 4.78 is 62.8. The van der Waals surface area contributed by atoms with Gasteiger partial charge >= 0.3 is 0 Å². The first kappa shape index (κ1) is 22.4. The van der Waals surface area contributed by atoms with E-state index in [1.54, 1.807) is 16.4 Å². The van der Waals surface area contributed by atoms with Crippen molar-refractivity contribution in [1.29, 1.82) is 0 Å². The lowest BCUT2D eigenvalue weighted by molar-refractivity contribution is -0.669. The van der Waals surface area contributed by atoms with Crippen LogP contribution in [-0.4, -0.2) is 44.5 Å². The van der Waals surface area contributed by atoms with Gasteiger partial charge in [0.1, 0.15) is 4.70 Å². The second kappa shape index (κ2) is 9.22. The number of aromatic nitrogens is 1. The number of hydrogen-bond donors (Lipinski definition) is 0. The van der Waals surface area contributed by atoms with Crippen LogP contribution < -0.4 is 4.57 Å². The highest BCUT2D eigenvalue weighted by Gasteiger charge is 2.28. The van der Waals surface area contributed by atoms with E-state index in [2.05, 4.69) is 4.57 Å². The predicted octanol–water partition coefficient (Wildman–Crippen LogP) is 2.72. The Morgan fingerprint density at radius 3 is 2.52 bits per heavy atom. The molecule has 1 aromatic heterocycles. The van der Waals surface area contributed by atoms with Gasteiger partial charge in [-0.3, -0.25) is 0 Å². The smallest absolute Gasteiger partial charge is 0.262 e. The van der Waals surface area contributed by atoms with Gasteiger partial charge in [-0.05, 0) is 38.3 Å². The molecule has 2 heterocycles. The molecule has 0 amide bonds. The minimum absolute atomic E-state index is 0.298. The summed E-state index contributed by atoms with van der Waals surface area (Å²) in [6.45, 7) is 3.60. The Hall–Kier alpha value is -1.33. The van der Waals surface area contributed by atoms with Crippen LogP contribution in [0.15, 0.2) is 29.2 Å². The molecule has 0 saturated carbocycles. The third-order valence-electron chi connectivity index (χ3n) is 4.99. The molecule has 1 aliphatic rings. The molecule has 1 aliphatic heterocycles. The molecule has 1 aromatic carbocycles. The Morgan fingerprint density at radius 2 is 1.86 bits per heavy atom. The summed E-state index contributed by atoms with van der Waals surface area (Å²) >= 11 is 1.50. The SMILES string of the molecule is CC=Cc1sc2cc(S(=O)(=O)N3CCCCC3)ccc2[n+]1CCCCS(=O)(=O)[O-]. The number of nitrogens with zero attached hydrogens (tertiary/aromatic N) is 2. The van der Waals surface area contributed by atoms with Crippen molar-refractivity contribution in [3.05, 3.63) is 29.3 Å². The first-order chi connectivity index (χ1) is 13.7. The van der Waals surface area contributed by atoms with E-state index in [4.69, 9.17) is 0 Å². The summed E-state index contributed by atoms with van der Waals surface area (Å²) in [5, 5.41) is 0.958. The fourth-order valence-corrected chi connectivity index (χ4v) is 6.92. The van der Waals surface area contributed by atoms with Crippen LogP contribution in [0.1, 0.15) is 44.0 Å². The van der Waals surface area contributed by atoms with Gasteiger partial charge in [-0.25, -0.2) is 16.8 Å². The molecule has 1 saturated heterocycles. The van der Waals surface area contributed by atoms with E-state index in [9.17, 15) is 21.4 Å². The number of unbranched alkanes of at least 4 members (excludes halogenated alkanes) is 1. The van der Waals surface area contributed by atoms with Gasteiger partial charge in [0.15, 0.2) is 6.54 Å². The highest BCUT2D eigenvalue weighted by Crippen LogP contribution is 2.27. The van der Waals surface area contributed by atoms with Gasteiger partial charge in [0.25, 0.3) is 5.01 Å². The summed E-state index contributed by atoms with van der Waals surface area (Å²) in [6.07, 6.45) is 7.57. The van der Waals surface area contributed by atoms with Gasteiger partial charge in [-0.2, -0.15) is 8.87 Å². The van der Waals surface area contributed by atoms with E-state index in [1.165, 1.54) is 11.3 Å². The zero-order valence-corrected chi connectivity index (χ0v) is 18.9. The average Bonchev–Trinajstić information content (AvgIpc) is 3.02. The van der Waals surface area contributed by atoms with E-state index in [0.717, 1.165) is 34.5 Å². The summed E-state index contributed by atoms with van der Waals surface area (Å²) in [4.78, 5) is 0.310. The van der Waals surface area contributed by atoms with Crippen molar-refractivity contribution in [2.24, 2.45) is 0 Å². The molecule has 3 rings (SSSR count). The summed E-state index contributed by atoms with van der Waals surface area (Å²) in [5.41, 5.74) is 0.908. The molecular weight excluding hydrogens is 432 g/mol. The molecule has 2 aromatic rings. The van der Waals surface area contributed by atoms with E-state index in [0.29, 0.717) is 37.4 Å². The highest BCUT2D eigenvalue weighted by molar-refractivity contribution is 7.89. The van der Waals surface area contributed by atoms with Crippen LogP contribution in [-0.2, 0) is 26.7 Å². The van der Waals surface area contributed by atoms with Crippen molar-refractivity contribution in [3.63, 3.8) is 0 Å². The van der Waals surface area contributed by atoms with Crippen LogP contribution in [0.5, 0.6) is 0 Å². The average molecular weight is 459 g/mol. The molecule has 0 atom stereocenters. The largest absolute Gasteiger partial charge is 0.748 e. The Labute approximate surface area is 176 Å². The zero-order chi connectivity index (χ0) is 21.1. The first-order valence-electron chi connectivity index (χ1n) is 9.75. The van der Waals surface area contributed by atoms with Crippen molar-refractivity contribution in [2.75, 3.05) is 18.8 Å². The lowest BCUT2D eigenvalue weighted by Crippen LogP contribution is -2.36. The standard InChI is InChI=1S/C19H26N2O5S3/c1-2-8-19-21(13-6-7-14-28(22,23)24)17-10-9-16(15-18(17)27-19)29(25,26)20-11-4-3-5-12-20/h2,8-10,15H,3-7,11-14H2,1H3. The molecule has 0 spiro atoms. The van der Waals surface area contributed by atoms with E-state index in [-0.39, 0.29) is 5.75 Å². The van der Waals surface area contributed by atoms with E-state index < -0.39 is 20.1 Å². The molecule has 10 heteroatoms. The van der Waals surface area contributed by atoms with Gasteiger partial charge in [0.2, 0.25) is 15.5 Å². The van der Waals surface area contributed by atoms with Crippen LogP contribution in [0.4, 0.5) is 0 Å². The Kier molecular flexibility index (Phi) is 7.10. The number of sulfonamides is 1. The minimum atomic E-state index is -4.20. The molecule has 0 radical (unpaired) electrons. The van der Waals surface area contributed by atoms with Gasteiger partial charge in [-0.15, -0.1) is 0 Å². The van der Waals surface area contributed by atoms with Crippen LogP contribution >= 0.6 is 11.3 Å². The molecule has 1 fully saturated rings. The second-order valence-corrected chi connectivity index (χ2v) is 11.7. The van der Waals surface area contributed by atoms with E-state index >= 15 is 0 Å². The molecule has 0 unspecified atom stereocenters. The fourth-order valence-electron chi connectivity index (χ4n) is 3.55. The third kappa shape index (κ3) is 5.43. The Bertz CT molecular complexity index is 1100. The van der Waals surface area contributed by atoms with Crippen molar-refractivity contribution in [3.8, 4) is 0 Å². The lowest BCUT2D eigenvalue weighted by atomic mass is 10.2. The van der Waals surface area contributed by atoms with Crippen molar-refractivity contribution in [1.82, 2.24) is 4.31 Å². The quantitative estimate of drug-likeness (QED) is 0.344. The number of rotatable bonds is 8. The van der Waals surface area contributed by atoms with Crippen molar-refractivity contribution >= 4 is 47.8 Å². The maximum atomic E-state index is 13.0. The normalized spacial score (nSPS) is 16.8. The molecule has 0 aliphatic carbocycles. The molecule has 29 heavy (non-hydrogen) atoms. The molecule has 0 bridgehead atoms. The number of hydrogen-bond acceptors (Lipinski definition) is 6. The molecule has 0 N–H and O–H groups in total. The van der Waals surface area contributed by atoms with Crippen LogP contribution in [0.25, 0.3) is 16.3 Å². The predicted molar refractivity (Wildman–Crippen MR) is 113 cm³/mol. The van der Waals surface area contributed by atoms with E-state index in [1.807, 2.05) is 25.1 Å². The summed E-state index contributed by atoms with van der Waals surface area (Å²) in [7, 11) is -7.70. The summed E-state index contributed by atoms with van der Waals surface area (Å²) in [6, 6.07) is 5.20. The van der Waals surface area contributed by atoms with Gasteiger partial charge in [-0.1, -0.05) is 23.8 Å². The number of aryl methyl sites for hydroxylation is 1. The van der Waals surface area contributed by atoms with Crippen molar-refractivity contribution in [2.45, 2.75) is 50.5 Å². The van der Waals surface area contributed by atoms with Crippen molar-refractivity contribution < 1.29 is 26.0 Å². The zero-order valence-electron chi connectivity index (χ0n) is 16.4. The minimum Gasteiger partial charge on any atom is -0.748 e. The monoisotopic (exact) mass is 458 g/mol. The number of benzene rings is 1. The maximum Gasteiger partial charge on any atom is 0.262 e. The fraction of sp³-hybridized carbons (Fsp3) is 0.526. The molecular formula is C19H26N2O5S3. The Balaban J connectivity index is 1.89. The van der Waals surface area contributed by atoms with Gasteiger partial charge < -0.3 is 4.55 Å². The third-order valence-corrected chi connectivity index (χ3v) is 8.79. The Morgan fingerprint density at radius 1 is 1.14 bits per heavy atom. The number of thiazole rings is 1. The lowest BCUT2D eigenvalue weighted by Gasteiger charge is -2.25. The van der Waals surface area contributed by atoms with Gasteiger partial charge in [0, 0.05) is 37.4 Å². The first-order valence-corrected chi connectivity index (χ1v) is 13.6. The summed E-state index contributed by atoms with van der Waals surface area (Å²) in [5.74, 6) is -0.368. The topological polar surface area (TPSA) is 98.5 Å². The maximum absolute atomic E-state index is 13.0.